The molecule has 0 amide bonds. The maximum Gasteiger partial charge on any atom is 0.214 e. The minimum atomic E-state index is -3.38. The first kappa shape index (κ1) is 18.2. The Bertz CT molecular complexity index is 587. The zero-order valence-electron chi connectivity index (χ0n) is 13.5. The number of nitrogens with zero attached hydrogens (tertiary/aromatic N) is 1. The minimum Gasteiger partial charge on any atom is -0.489 e. The summed E-state index contributed by atoms with van der Waals surface area (Å²) in [6.07, 6.45) is 3.10. The zero-order valence-corrected chi connectivity index (χ0v) is 14.3. The van der Waals surface area contributed by atoms with Crippen LogP contribution in [-0.2, 0) is 10.0 Å². The Kier molecular flexibility index (Phi) is 6.80. The van der Waals surface area contributed by atoms with Gasteiger partial charge in [0.1, 0.15) is 6.61 Å². The van der Waals surface area contributed by atoms with Crippen LogP contribution in [0, 0.1) is 11.7 Å². The van der Waals surface area contributed by atoms with Crippen LogP contribution < -0.4 is 9.46 Å². The van der Waals surface area contributed by atoms with Crippen molar-refractivity contribution in [1.29, 1.82) is 0 Å². The highest BCUT2D eigenvalue weighted by Gasteiger charge is 2.17. The van der Waals surface area contributed by atoms with Gasteiger partial charge in [0, 0.05) is 6.54 Å². The molecule has 0 radical (unpaired) electrons. The van der Waals surface area contributed by atoms with Crippen molar-refractivity contribution in [2.24, 2.45) is 5.92 Å². The number of benzene rings is 1. The van der Waals surface area contributed by atoms with E-state index in [0.717, 1.165) is 32.4 Å². The molecule has 2 rings (SSSR count). The van der Waals surface area contributed by atoms with Crippen LogP contribution in [0.25, 0.3) is 0 Å². The molecule has 0 atom stereocenters. The summed E-state index contributed by atoms with van der Waals surface area (Å²) in [5, 5.41) is 0. The van der Waals surface area contributed by atoms with Gasteiger partial charge in [-0.15, -0.1) is 0 Å². The van der Waals surface area contributed by atoms with E-state index in [9.17, 15) is 12.8 Å². The highest BCUT2D eigenvalue weighted by Crippen LogP contribution is 2.19. The summed E-state index contributed by atoms with van der Waals surface area (Å²) in [6.45, 7) is 2.54. The van der Waals surface area contributed by atoms with Crippen LogP contribution in [0.1, 0.15) is 19.3 Å². The summed E-state index contributed by atoms with van der Waals surface area (Å²) in [6, 6.07) is 5.97. The highest BCUT2D eigenvalue weighted by atomic mass is 32.2. The Morgan fingerprint density at radius 1 is 1.30 bits per heavy atom. The highest BCUT2D eigenvalue weighted by molar-refractivity contribution is 7.89. The molecule has 1 N–H and O–H groups in total. The Balaban J connectivity index is 1.65. The molecule has 130 valence electrons. The molecular weight excluding hydrogens is 319 g/mol. The van der Waals surface area contributed by atoms with Gasteiger partial charge in [-0.2, -0.15) is 0 Å². The van der Waals surface area contributed by atoms with Crippen molar-refractivity contribution in [3.05, 3.63) is 30.1 Å². The fourth-order valence-electron chi connectivity index (χ4n) is 2.66. The van der Waals surface area contributed by atoms with Gasteiger partial charge < -0.3 is 9.64 Å². The second kappa shape index (κ2) is 8.61. The van der Waals surface area contributed by atoms with Crippen molar-refractivity contribution in [2.75, 3.05) is 39.0 Å². The van der Waals surface area contributed by atoms with Gasteiger partial charge in [-0.3, -0.25) is 0 Å². The molecule has 23 heavy (non-hydrogen) atoms. The molecule has 5 nitrogen and oxygen atoms in total. The molecule has 0 spiro atoms. The van der Waals surface area contributed by atoms with E-state index in [4.69, 9.17) is 4.74 Å². The third-order valence-corrected chi connectivity index (χ3v) is 5.51. The summed E-state index contributed by atoms with van der Waals surface area (Å²) in [7, 11) is -1.28. The second-order valence-electron chi connectivity index (χ2n) is 6.03. The smallest absolute Gasteiger partial charge is 0.214 e. The number of likely N-dealkylation sites (tertiary alicyclic amines) is 1. The van der Waals surface area contributed by atoms with Crippen molar-refractivity contribution in [1.82, 2.24) is 9.62 Å². The molecule has 7 heteroatoms. The topological polar surface area (TPSA) is 58.6 Å². The zero-order chi connectivity index (χ0) is 16.7. The van der Waals surface area contributed by atoms with Crippen LogP contribution in [-0.4, -0.2) is 52.4 Å². The third-order valence-electron chi connectivity index (χ3n) is 4.16. The van der Waals surface area contributed by atoms with Crippen LogP contribution in [0.4, 0.5) is 4.39 Å². The van der Waals surface area contributed by atoms with Gasteiger partial charge >= 0.3 is 0 Å². The van der Waals surface area contributed by atoms with E-state index < -0.39 is 15.8 Å². The molecular formula is C16H25FN2O3S. The number of rotatable bonds is 8. The molecule has 1 aliphatic heterocycles. The van der Waals surface area contributed by atoms with Crippen LogP contribution >= 0.6 is 0 Å². The SMILES string of the molecule is CN1CCC(CCNS(=O)(=O)CCOc2ccccc2F)CC1. The van der Waals surface area contributed by atoms with E-state index in [1.807, 2.05) is 0 Å². The van der Waals surface area contributed by atoms with Gasteiger partial charge in [-0.05, 0) is 57.5 Å². The Labute approximate surface area is 137 Å². The van der Waals surface area contributed by atoms with Gasteiger partial charge in [-0.1, -0.05) is 12.1 Å². The molecule has 0 aromatic heterocycles. The van der Waals surface area contributed by atoms with Gasteiger partial charge in [0.05, 0.1) is 5.75 Å². The first-order valence-corrected chi connectivity index (χ1v) is 9.65. The minimum absolute atomic E-state index is 0.0650. The summed E-state index contributed by atoms with van der Waals surface area (Å²) < 4.78 is 44.9. The molecule has 1 heterocycles. The Hall–Kier alpha value is -1.18. The van der Waals surface area contributed by atoms with Crippen LogP contribution in [0.15, 0.2) is 24.3 Å². The number of ether oxygens (including phenoxy) is 1. The lowest BCUT2D eigenvalue weighted by Crippen LogP contribution is -2.34. The summed E-state index contributed by atoms with van der Waals surface area (Å²) in [5.74, 6) is 0.00655. The lowest BCUT2D eigenvalue weighted by molar-refractivity contribution is 0.213. The first-order chi connectivity index (χ1) is 11.0. The van der Waals surface area contributed by atoms with Crippen molar-refractivity contribution in [3.63, 3.8) is 0 Å². The maximum atomic E-state index is 13.4. The second-order valence-corrected chi connectivity index (χ2v) is 7.95. The van der Waals surface area contributed by atoms with E-state index in [2.05, 4.69) is 16.7 Å². The van der Waals surface area contributed by atoms with Crippen molar-refractivity contribution < 1.29 is 17.5 Å². The van der Waals surface area contributed by atoms with E-state index in [1.54, 1.807) is 12.1 Å². The number of hydrogen-bond acceptors (Lipinski definition) is 4. The Morgan fingerprint density at radius 3 is 2.70 bits per heavy atom. The molecule has 0 bridgehead atoms. The van der Waals surface area contributed by atoms with E-state index in [0.29, 0.717) is 12.5 Å². The molecule has 1 aromatic carbocycles. The van der Waals surface area contributed by atoms with Crippen LogP contribution in [0.3, 0.4) is 0 Å². The number of nitrogens with one attached hydrogen (secondary N) is 1. The van der Waals surface area contributed by atoms with Gasteiger partial charge in [0.25, 0.3) is 0 Å². The van der Waals surface area contributed by atoms with E-state index in [1.165, 1.54) is 12.1 Å². The van der Waals surface area contributed by atoms with Gasteiger partial charge in [0.15, 0.2) is 11.6 Å². The van der Waals surface area contributed by atoms with Crippen molar-refractivity contribution in [2.45, 2.75) is 19.3 Å². The molecule has 1 aliphatic rings. The average molecular weight is 344 g/mol. The normalized spacial score (nSPS) is 17.3. The predicted molar refractivity (Wildman–Crippen MR) is 88.5 cm³/mol. The molecule has 0 aliphatic carbocycles. The summed E-state index contributed by atoms with van der Waals surface area (Å²) in [5.41, 5.74) is 0. The number of hydrogen-bond donors (Lipinski definition) is 1. The molecule has 0 unspecified atom stereocenters. The lowest BCUT2D eigenvalue weighted by Gasteiger charge is -2.28. The van der Waals surface area contributed by atoms with Gasteiger partial charge in [0.2, 0.25) is 10.0 Å². The Morgan fingerprint density at radius 2 is 2.00 bits per heavy atom. The quantitative estimate of drug-likeness (QED) is 0.782. The van der Waals surface area contributed by atoms with Crippen LogP contribution in [0.5, 0.6) is 5.75 Å². The van der Waals surface area contributed by atoms with E-state index in [-0.39, 0.29) is 18.1 Å². The lowest BCUT2D eigenvalue weighted by atomic mass is 9.94. The number of para-hydroxylation sites is 1. The monoisotopic (exact) mass is 344 g/mol. The summed E-state index contributed by atoms with van der Waals surface area (Å²) >= 11 is 0. The van der Waals surface area contributed by atoms with Gasteiger partial charge in [-0.25, -0.2) is 17.5 Å². The standard InChI is InChI=1S/C16H25FN2O3S/c1-19-10-7-14(8-11-19)6-9-18-23(20,21)13-12-22-16-5-3-2-4-15(16)17/h2-5,14,18H,6-13H2,1H3. The fraction of sp³-hybridized carbons (Fsp3) is 0.625. The summed E-state index contributed by atoms with van der Waals surface area (Å²) in [4.78, 5) is 2.29. The first-order valence-electron chi connectivity index (χ1n) is 7.99. The average Bonchev–Trinajstić information content (AvgIpc) is 2.51. The molecule has 1 aromatic rings. The van der Waals surface area contributed by atoms with Crippen LogP contribution in [0.2, 0.25) is 0 Å². The van der Waals surface area contributed by atoms with Crippen molar-refractivity contribution in [3.8, 4) is 5.75 Å². The third kappa shape index (κ3) is 6.45. The number of sulfonamides is 1. The van der Waals surface area contributed by atoms with E-state index >= 15 is 0 Å². The number of halogens is 1. The maximum absolute atomic E-state index is 13.4. The molecule has 0 saturated carbocycles. The predicted octanol–water partition coefficient (Wildman–Crippen LogP) is 1.86. The number of piperidine rings is 1. The van der Waals surface area contributed by atoms with Crippen molar-refractivity contribution >= 4 is 10.0 Å². The fourth-order valence-corrected chi connectivity index (χ4v) is 3.54. The molecule has 1 saturated heterocycles. The molecule has 1 fully saturated rings. The largest absolute Gasteiger partial charge is 0.489 e.